The lowest BCUT2D eigenvalue weighted by Crippen LogP contribution is -2.29. The Labute approximate surface area is 193 Å². The van der Waals surface area contributed by atoms with E-state index >= 15 is 0 Å². The first kappa shape index (κ1) is 22.9. The van der Waals surface area contributed by atoms with Gasteiger partial charge in [0.1, 0.15) is 13.7 Å². The number of carbonyl (C=O) groups excluding carboxylic acids is 1. The molecule has 0 spiro atoms. The van der Waals surface area contributed by atoms with Crippen molar-refractivity contribution < 1.29 is 18.0 Å². The fourth-order valence-corrected chi connectivity index (χ4v) is 3.83. The summed E-state index contributed by atoms with van der Waals surface area (Å²) in [5.41, 5.74) is 1.46. The van der Waals surface area contributed by atoms with Crippen LogP contribution in [0.3, 0.4) is 0 Å². The molecule has 1 aliphatic rings. The molecule has 2 aromatic heterocycles. The Morgan fingerprint density at radius 2 is 1.97 bits per heavy atom. The number of benzene rings is 1. The van der Waals surface area contributed by atoms with Crippen molar-refractivity contribution in [2.24, 2.45) is 0 Å². The third kappa shape index (κ3) is 5.06. The molecule has 0 bridgehead atoms. The molecule has 2 heterocycles. The molecule has 2 N–H and O–H groups in total. The highest BCUT2D eigenvalue weighted by Gasteiger charge is 2.30. The van der Waals surface area contributed by atoms with Crippen LogP contribution in [0, 0.1) is 0 Å². The van der Waals surface area contributed by atoms with Gasteiger partial charge in [0.15, 0.2) is 5.65 Å². The lowest BCUT2D eigenvalue weighted by atomic mass is 9.95. The molecule has 33 heavy (non-hydrogen) atoms. The predicted octanol–water partition coefficient (Wildman–Crippen LogP) is 2.67. The molecule has 0 fully saturated rings. The van der Waals surface area contributed by atoms with E-state index in [-0.39, 0.29) is 23.4 Å². The third-order valence-electron chi connectivity index (χ3n) is 5.25. The number of aromatic nitrogens is 3. The van der Waals surface area contributed by atoms with Crippen LogP contribution in [0.15, 0.2) is 60.8 Å². The number of hydrogen-bond acceptors (Lipinski definition) is 4. The number of fused-ring (bicyclic) bond motifs is 1. The van der Waals surface area contributed by atoms with Gasteiger partial charge in [0.05, 0.1) is 16.6 Å². The summed E-state index contributed by atoms with van der Waals surface area (Å²) in [6, 6.07) is 6.18. The van der Waals surface area contributed by atoms with Crippen molar-refractivity contribution in [3.63, 3.8) is 0 Å². The Balaban J connectivity index is 1.45. The molecule has 0 saturated carbocycles. The van der Waals surface area contributed by atoms with Gasteiger partial charge in [0.2, 0.25) is 0 Å². The van der Waals surface area contributed by atoms with Crippen LogP contribution in [0.1, 0.15) is 27.5 Å². The summed E-state index contributed by atoms with van der Waals surface area (Å²) in [7, 11) is 1.91. The standard InChI is InChI=1S/C22H20BClF3N5O/c23-16-12-30-32-19(11-18(31-20(16)32)15-6-1-2-7-17(15)24)28-8-9-29-21(33)13-4-3-5-14(10-13)22(25,26)27/h1-7,10-12,15,17,28H,8-9,23H2,(H,29,33). The molecule has 1 amide bonds. The van der Waals surface area contributed by atoms with Crippen LogP contribution in [0.5, 0.6) is 0 Å². The van der Waals surface area contributed by atoms with Crippen LogP contribution in [-0.2, 0) is 6.18 Å². The Morgan fingerprint density at radius 3 is 2.73 bits per heavy atom. The molecule has 1 aromatic carbocycles. The average molecular weight is 474 g/mol. The van der Waals surface area contributed by atoms with Gasteiger partial charge in [0, 0.05) is 36.8 Å². The highest BCUT2D eigenvalue weighted by atomic mass is 35.5. The van der Waals surface area contributed by atoms with Crippen molar-refractivity contribution in [3.05, 3.63) is 77.7 Å². The molecular formula is C22H20BClF3N5O. The second-order valence-corrected chi connectivity index (χ2v) is 8.13. The minimum absolute atomic E-state index is 0.0496. The summed E-state index contributed by atoms with van der Waals surface area (Å²) in [4.78, 5) is 17.0. The Morgan fingerprint density at radius 1 is 1.18 bits per heavy atom. The van der Waals surface area contributed by atoms with Crippen LogP contribution in [0.4, 0.5) is 19.0 Å². The van der Waals surface area contributed by atoms with Crippen molar-refractivity contribution in [1.82, 2.24) is 19.9 Å². The van der Waals surface area contributed by atoms with Gasteiger partial charge in [-0.3, -0.25) is 4.79 Å². The van der Waals surface area contributed by atoms with Crippen LogP contribution in [0.25, 0.3) is 5.65 Å². The van der Waals surface area contributed by atoms with E-state index in [1.807, 2.05) is 38.2 Å². The first-order valence-electron chi connectivity index (χ1n) is 10.3. The number of halogens is 4. The molecule has 2 atom stereocenters. The average Bonchev–Trinajstić information content (AvgIpc) is 3.17. The smallest absolute Gasteiger partial charge is 0.368 e. The van der Waals surface area contributed by atoms with Crippen molar-refractivity contribution in [2.75, 3.05) is 18.4 Å². The van der Waals surface area contributed by atoms with Crippen LogP contribution < -0.4 is 16.1 Å². The molecule has 0 saturated heterocycles. The molecule has 4 rings (SSSR count). The lowest BCUT2D eigenvalue weighted by Gasteiger charge is -2.20. The zero-order chi connectivity index (χ0) is 23.6. The molecule has 6 nitrogen and oxygen atoms in total. The minimum Gasteiger partial charge on any atom is -0.368 e. The van der Waals surface area contributed by atoms with Gasteiger partial charge in [-0.25, -0.2) is 4.98 Å². The fourth-order valence-electron chi connectivity index (χ4n) is 3.54. The number of rotatable bonds is 6. The maximum atomic E-state index is 12.9. The lowest BCUT2D eigenvalue weighted by molar-refractivity contribution is -0.137. The first-order chi connectivity index (χ1) is 15.7. The monoisotopic (exact) mass is 473 g/mol. The van der Waals surface area contributed by atoms with Gasteiger partial charge in [-0.05, 0) is 23.7 Å². The number of carbonyl (C=O) groups is 1. The van der Waals surface area contributed by atoms with E-state index < -0.39 is 17.6 Å². The van der Waals surface area contributed by atoms with Gasteiger partial charge in [-0.2, -0.15) is 22.8 Å². The van der Waals surface area contributed by atoms with E-state index in [9.17, 15) is 18.0 Å². The van der Waals surface area contributed by atoms with E-state index in [2.05, 4.69) is 15.7 Å². The maximum absolute atomic E-state index is 12.9. The molecular weight excluding hydrogens is 454 g/mol. The van der Waals surface area contributed by atoms with Crippen LogP contribution in [-0.4, -0.2) is 46.8 Å². The highest BCUT2D eigenvalue weighted by molar-refractivity contribution is 6.36. The van der Waals surface area contributed by atoms with Gasteiger partial charge in [0.25, 0.3) is 5.91 Å². The van der Waals surface area contributed by atoms with E-state index in [0.29, 0.717) is 18.0 Å². The van der Waals surface area contributed by atoms with Gasteiger partial charge in [-0.15, -0.1) is 11.6 Å². The first-order valence-corrected chi connectivity index (χ1v) is 10.7. The predicted molar refractivity (Wildman–Crippen MR) is 124 cm³/mol. The Hall–Kier alpha value is -3.27. The molecule has 170 valence electrons. The molecule has 0 aliphatic heterocycles. The molecule has 1 aliphatic carbocycles. The van der Waals surface area contributed by atoms with Crippen molar-refractivity contribution in [1.29, 1.82) is 0 Å². The molecule has 2 unspecified atom stereocenters. The topological polar surface area (TPSA) is 71.3 Å². The van der Waals surface area contributed by atoms with E-state index in [0.717, 1.165) is 23.3 Å². The van der Waals surface area contributed by atoms with E-state index in [1.165, 1.54) is 12.1 Å². The SMILES string of the molecule is Bc1cnn2c(NCCNC(=O)c3cccc(C(F)(F)F)c3)cc(C3C=CC=CC3Cl)nc12. The minimum atomic E-state index is -4.50. The summed E-state index contributed by atoms with van der Waals surface area (Å²) in [6.07, 6.45) is 4.91. The van der Waals surface area contributed by atoms with Crippen molar-refractivity contribution >= 4 is 42.3 Å². The van der Waals surface area contributed by atoms with Gasteiger partial charge in [-0.1, -0.05) is 30.4 Å². The summed E-state index contributed by atoms with van der Waals surface area (Å²) < 4.78 is 40.3. The number of hydrogen-bond donors (Lipinski definition) is 2. The fraction of sp³-hybridized carbons (Fsp3) is 0.227. The maximum Gasteiger partial charge on any atom is 0.416 e. The summed E-state index contributed by atoms with van der Waals surface area (Å²) in [6.45, 7) is 0.519. The zero-order valence-corrected chi connectivity index (χ0v) is 18.4. The third-order valence-corrected chi connectivity index (χ3v) is 5.66. The molecule has 3 aromatic rings. The summed E-state index contributed by atoms with van der Waals surface area (Å²) in [5.74, 6) is -0.0112. The Kier molecular flexibility index (Phi) is 6.46. The number of amides is 1. The quantitative estimate of drug-likeness (QED) is 0.328. The second-order valence-electron chi connectivity index (χ2n) is 7.63. The normalized spacial score (nSPS) is 17.9. The number of allylic oxidation sites excluding steroid dienone is 4. The van der Waals surface area contributed by atoms with Gasteiger partial charge < -0.3 is 10.6 Å². The number of alkyl halides is 4. The summed E-state index contributed by atoms with van der Waals surface area (Å²) in [5, 5.41) is 9.97. The number of nitrogens with zero attached hydrogens (tertiary/aromatic N) is 3. The Bertz CT molecular complexity index is 1240. The number of anilines is 1. The van der Waals surface area contributed by atoms with Crippen molar-refractivity contribution in [3.8, 4) is 0 Å². The number of nitrogens with one attached hydrogen (secondary N) is 2. The van der Waals surface area contributed by atoms with E-state index in [1.54, 1.807) is 10.7 Å². The largest absolute Gasteiger partial charge is 0.416 e. The second kappa shape index (κ2) is 9.31. The summed E-state index contributed by atoms with van der Waals surface area (Å²) >= 11 is 6.45. The van der Waals surface area contributed by atoms with Crippen LogP contribution >= 0.6 is 11.6 Å². The van der Waals surface area contributed by atoms with E-state index in [4.69, 9.17) is 16.6 Å². The van der Waals surface area contributed by atoms with Gasteiger partial charge >= 0.3 is 6.18 Å². The molecule has 0 radical (unpaired) electrons. The zero-order valence-electron chi connectivity index (χ0n) is 17.6. The highest BCUT2D eigenvalue weighted by Crippen LogP contribution is 2.30. The van der Waals surface area contributed by atoms with Crippen LogP contribution in [0.2, 0.25) is 0 Å². The molecule has 11 heteroatoms. The van der Waals surface area contributed by atoms with Crippen molar-refractivity contribution in [2.45, 2.75) is 17.5 Å².